The van der Waals surface area contributed by atoms with Crippen molar-refractivity contribution < 1.29 is 0 Å². The molecule has 1 atom stereocenters. The Morgan fingerprint density at radius 3 is 2.76 bits per heavy atom. The standard InChI is InChI=1S/C11H15BrN4S/c1-4-13-9(8-6-17-5-7(8)2)10-11(12)14-15-16(10)3/h5-6,9,13H,4H2,1-3H3. The van der Waals surface area contributed by atoms with E-state index in [-0.39, 0.29) is 6.04 Å². The first-order valence-corrected chi connectivity index (χ1v) is 7.19. The highest BCUT2D eigenvalue weighted by atomic mass is 79.9. The minimum atomic E-state index is 0.139. The van der Waals surface area contributed by atoms with Crippen LogP contribution < -0.4 is 5.32 Å². The highest BCUT2D eigenvalue weighted by Gasteiger charge is 2.22. The summed E-state index contributed by atoms with van der Waals surface area (Å²) >= 11 is 5.19. The lowest BCUT2D eigenvalue weighted by Crippen LogP contribution is -2.24. The highest BCUT2D eigenvalue weighted by Crippen LogP contribution is 2.30. The summed E-state index contributed by atoms with van der Waals surface area (Å²) in [6, 6.07) is 0.139. The van der Waals surface area contributed by atoms with Crippen LogP contribution in [-0.4, -0.2) is 21.5 Å². The summed E-state index contributed by atoms with van der Waals surface area (Å²) in [5, 5.41) is 15.9. The van der Waals surface area contributed by atoms with Gasteiger partial charge in [0.1, 0.15) is 0 Å². The summed E-state index contributed by atoms with van der Waals surface area (Å²) in [5.74, 6) is 0. The van der Waals surface area contributed by atoms with Crippen LogP contribution in [0.5, 0.6) is 0 Å². The Bertz CT molecular complexity index is 486. The second-order valence-corrected chi connectivity index (χ2v) is 5.38. The monoisotopic (exact) mass is 314 g/mol. The number of halogens is 1. The minimum absolute atomic E-state index is 0.139. The van der Waals surface area contributed by atoms with E-state index in [2.05, 4.69) is 56.2 Å². The molecule has 0 radical (unpaired) electrons. The van der Waals surface area contributed by atoms with Gasteiger partial charge in [-0.25, -0.2) is 4.68 Å². The van der Waals surface area contributed by atoms with Crippen molar-refractivity contribution in [2.75, 3.05) is 6.54 Å². The van der Waals surface area contributed by atoms with Crippen LogP contribution in [-0.2, 0) is 7.05 Å². The van der Waals surface area contributed by atoms with Crippen LogP contribution in [0.1, 0.15) is 29.8 Å². The Hall–Kier alpha value is -0.720. The molecule has 0 saturated carbocycles. The van der Waals surface area contributed by atoms with E-state index >= 15 is 0 Å². The summed E-state index contributed by atoms with van der Waals surface area (Å²) in [6.07, 6.45) is 0. The molecule has 6 heteroatoms. The molecule has 0 saturated heterocycles. The Morgan fingerprint density at radius 2 is 2.29 bits per heavy atom. The fourth-order valence-corrected chi connectivity index (χ4v) is 3.30. The first-order valence-electron chi connectivity index (χ1n) is 5.46. The van der Waals surface area contributed by atoms with Crippen molar-refractivity contribution in [2.45, 2.75) is 19.9 Å². The average molecular weight is 315 g/mol. The lowest BCUT2D eigenvalue weighted by atomic mass is 10.0. The van der Waals surface area contributed by atoms with Crippen molar-refractivity contribution >= 4 is 27.3 Å². The lowest BCUT2D eigenvalue weighted by molar-refractivity contribution is 0.566. The molecule has 0 aliphatic rings. The largest absolute Gasteiger partial charge is 0.305 e. The molecule has 2 rings (SSSR count). The van der Waals surface area contributed by atoms with Crippen molar-refractivity contribution in [3.8, 4) is 0 Å². The van der Waals surface area contributed by atoms with Gasteiger partial charge in [-0.1, -0.05) is 12.1 Å². The zero-order valence-corrected chi connectivity index (χ0v) is 12.5. The molecule has 1 N–H and O–H groups in total. The number of rotatable bonds is 4. The maximum absolute atomic E-state index is 4.05. The fourth-order valence-electron chi connectivity index (χ4n) is 1.87. The molecule has 1 unspecified atom stereocenters. The number of aryl methyl sites for hydroxylation is 2. The lowest BCUT2D eigenvalue weighted by Gasteiger charge is -2.18. The first kappa shape index (κ1) is 12.7. The zero-order chi connectivity index (χ0) is 12.4. The van der Waals surface area contributed by atoms with Crippen molar-refractivity contribution in [3.05, 3.63) is 32.2 Å². The third-order valence-electron chi connectivity index (χ3n) is 2.71. The van der Waals surface area contributed by atoms with E-state index in [4.69, 9.17) is 0 Å². The maximum atomic E-state index is 4.05. The number of thiophene rings is 1. The second-order valence-electron chi connectivity index (χ2n) is 3.89. The predicted octanol–water partition coefficient (Wildman–Crippen LogP) is 2.65. The topological polar surface area (TPSA) is 42.7 Å². The summed E-state index contributed by atoms with van der Waals surface area (Å²) in [4.78, 5) is 0. The number of nitrogens with one attached hydrogen (secondary N) is 1. The van der Waals surface area contributed by atoms with E-state index in [0.29, 0.717) is 0 Å². The fraction of sp³-hybridized carbons (Fsp3) is 0.455. The normalized spacial score (nSPS) is 12.9. The smallest absolute Gasteiger partial charge is 0.153 e. The van der Waals surface area contributed by atoms with Crippen molar-refractivity contribution in [1.29, 1.82) is 0 Å². The van der Waals surface area contributed by atoms with E-state index in [9.17, 15) is 0 Å². The van der Waals surface area contributed by atoms with Gasteiger partial charge in [0, 0.05) is 7.05 Å². The summed E-state index contributed by atoms with van der Waals surface area (Å²) < 4.78 is 2.62. The third-order valence-corrected chi connectivity index (χ3v) is 4.16. The van der Waals surface area contributed by atoms with Gasteiger partial charge in [0.2, 0.25) is 0 Å². The van der Waals surface area contributed by atoms with Crippen molar-refractivity contribution in [2.24, 2.45) is 7.05 Å². The number of aromatic nitrogens is 3. The average Bonchev–Trinajstić information content (AvgIpc) is 2.84. The molecular formula is C11H15BrN4S. The van der Waals surface area contributed by atoms with Gasteiger partial charge in [-0.15, -0.1) is 5.10 Å². The van der Waals surface area contributed by atoms with Gasteiger partial charge in [0.25, 0.3) is 0 Å². The van der Waals surface area contributed by atoms with E-state index in [1.807, 2.05) is 11.7 Å². The Morgan fingerprint density at radius 1 is 1.53 bits per heavy atom. The molecule has 0 aromatic carbocycles. The molecule has 92 valence electrons. The van der Waals surface area contributed by atoms with Crippen LogP contribution in [0, 0.1) is 6.92 Å². The van der Waals surface area contributed by atoms with Crippen LogP contribution in [0.25, 0.3) is 0 Å². The molecule has 0 fully saturated rings. The van der Waals surface area contributed by atoms with Gasteiger partial charge in [-0.05, 0) is 51.3 Å². The third kappa shape index (κ3) is 2.43. The number of nitrogens with zero attached hydrogens (tertiary/aromatic N) is 3. The van der Waals surface area contributed by atoms with Gasteiger partial charge in [-0.3, -0.25) is 0 Å². The molecule has 4 nitrogen and oxygen atoms in total. The Balaban J connectivity index is 2.46. The predicted molar refractivity (Wildman–Crippen MR) is 73.3 cm³/mol. The van der Waals surface area contributed by atoms with Gasteiger partial charge < -0.3 is 5.32 Å². The van der Waals surface area contributed by atoms with Gasteiger partial charge in [-0.2, -0.15) is 11.3 Å². The summed E-state index contributed by atoms with van der Waals surface area (Å²) in [6.45, 7) is 5.14. The Kier molecular flexibility index (Phi) is 3.96. The maximum Gasteiger partial charge on any atom is 0.153 e. The van der Waals surface area contributed by atoms with Crippen LogP contribution in [0.15, 0.2) is 15.4 Å². The van der Waals surface area contributed by atoms with E-state index in [1.165, 1.54) is 11.1 Å². The molecule has 2 aromatic rings. The molecule has 17 heavy (non-hydrogen) atoms. The number of hydrogen-bond donors (Lipinski definition) is 1. The molecule has 0 aliphatic carbocycles. The van der Waals surface area contributed by atoms with Crippen LogP contribution in [0.2, 0.25) is 0 Å². The van der Waals surface area contributed by atoms with E-state index in [1.54, 1.807) is 11.3 Å². The van der Waals surface area contributed by atoms with Gasteiger partial charge in [0.05, 0.1) is 11.7 Å². The summed E-state index contributed by atoms with van der Waals surface area (Å²) in [7, 11) is 1.92. The number of hydrogen-bond acceptors (Lipinski definition) is 4. The SMILES string of the molecule is CCNC(c1cscc1C)c1c(Br)nnn1C. The van der Waals surface area contributed by atoms with E-state index in [0.717, 1.165) is 16.8 Å². The van der Waals surface area contributed by atoms with Crippen LogP contribution >= 0.6 is 27.3 Å². The second kappa shape index (κ2) is 5.29. The van der Waals surface area contributed by atoms with Crippen molar-refractivity contribution in [1.82, 2.24) is 20.3 Å². The van der Waals surface area contributed by atoms with Crippen LogP contribution in [0.3, 0.4) is 0 Å². The summed E-state index contributed by atoms with van der Waals surface area (Å²) in [5.41, 5.74) is 3.66. The molecule has 0 spiro atoms. The zero-order valence-electron chi connectivity index (χ0n) is 10.1. The van der Waals surface area contributed by atoms with Gasteiger partial charge in [0.15, 0.2) is 4.60 Å². The van der Waals surface area contributed by atoms with E-state index < -0.39 is 0 Å². The van der Waals surface area contributed by atoms with Gasteiger partial charge >= 0.3 is 0 Å². The minimum Gasteiger partial charge on any atom is -0.305 e. The van der Waals surface area contributed by atoms with Crippen molar-refractivity contribution in [3.63, 3.8) is 0 Å². The molecule has 2 heterocycles. The molecular weight excluding hydrogens is 300 g/mol. The molecule has 0 bridgehead atoms. The molecule has 0 aliphatic heterocycles. The highest BCUT2D eigenvalue weighted by molar-refractivity contribution is 9.10. The first-order chi connectivity index (χ1) is 8.15. The quantitative estimate of drug-likeness (QED) is 0.943. The Labute approximate surface area is 113 Å². The van der Waals surface area contributed by atoms with Crippen LogP contribution in [0.4, 0.5) is 0 Å². The molecule has 2 aromatic heterocycles. The molecule has 0 amide bonds.